The Morgan fingerprint density at radius 1 is 1.12 bits per heavy atom. The van der Waals surface area contributed by atoms with Crippen molar-refractivity contribution in [1.29, 1.82) is 0 Å². The van der Waals surface area contributed by atoms with Crippen molar-refractivity contribution in [2.75, 3.05) is 5.33 Å². The first-order valence-corrected chi connectivity index (χ1v) is 8.14. The topological polar surface area (TPSA) is 9.23 Å². The summed E-state index contributed by atoms with van der Waals surface area (Å²) in [6.07, 6.45) is 12.5. The molecule has 2 aliphatic carbocycles. The normalized spacial score (nSPS) is 36.8. The molecule has 0 aromatic rings. The van der Waals surface area contributed by atoms with Gasteiger partial charge in [0.25, 0.3) is 0 Å². The van der Waals surface area contributed by atoms with Crippen molar-refractivity contribution < 1.29 is 4.74 Å². The molecule has 0 aromatic heterocycles. The Hall–Kier alpha value is 0.440. The van der Waals surface area contributed by atoms with Gasteiger partial charge < -0.3 is 4.74 Å². The Morgan fingerprint density at radius 3 is 2.25 bits per heavy atom. The molecule has 0 aromatic carbocycles. The van der Waals surface area contributed by atoms with Gasteiger partial charge in [-0.2, -0.15) is 0 Å². The smallest absolute Gasteiger partial charge is 0.0782 e. The van der Waals surface area contributed by atoms with E-state index in [0.29, 0.717) is 6.10 Å². The molecule has 0 amide bonds. The minimum absolute atomic E-state index is 0.181. The molecule has 16 heavy (non-hydrogen) atoms. The molecule has 0 heterocycles. The quantitative estimate of drug-likeness (QED) is 0.683. The summed E-state index contributed by atoms with van der Waals surface area (Å²) in [5.74, 6) is 0.958. The van der Waals surface area contributed by atoms with E-state index >= 15 is 0 Å². The third kappa shape index (κ3) is 3.01. The van der Waals surface area contributed by atoms with Gasteiger partial charge in [0.05, 0.1) is 11.7 Å². The second kappa shape index (κ2) is 5.86. The Bertz CT molecular complexity index is 203. The molecule has 94 valence electrons. The molecule has 0 spiro atoms. The standard InChI is InChI=1S/C14H25BrO/c1-2-12-7-9-14(11-15,10-8-12)16-13-5-3-4-6-13/h12-13H,2-11H2,1H3. The van der Waals surface area contributed by atoms with Crippen molar-refractivity contribution in [3.05, 3.63) is 0 Å². The highest BCUT2D eigenvalue weighted by Crippen LogP contribution is 2.40. The van der Waals surface area contributed by atoms with Crippen molar-refractivity contribution in [2.24, 2.45) is 5.92 Å². The molecule has 2 fully saturated rings. The molecule has 0 N–H and O–H groups in total. The lowest BCUT2D eigenvalue weighted by Gasteiger charge is -2.40. The molecule has 1 nitrogen and oxygen atoms in total. The van der Waals surface area contributed by atoms with Gasteiger partial charge in [-0.3, -0.25) is 0 Å². The third-order valence-corrected chi connectivity index (χ3v) is 5.58. The van der Waals surface area contributed by atoms with Gasteiger partial charge in [0.2, 0.25) is 0 Å². The van der Waals surface area contributed by atoms with Crippen LogP contribution < -0.4 is 0 Å². The van der Waals surface area contributed by atoms with Crippen molar-refractivity contribution in [1.82, 2.24) is 0 Å². The van der Waals surface area contributed by atoms with Crippen LogP contribution in [0.1, 0.15) is 64.7 Å². The van der Waals surface area contributed by atoms with E-state index in [1.807, 2.05) is 0 Å². The third-order valence-electron chi connectivity index (χ3n) is 4.56. The summed E-state index contributed by atoms with van der Waals surface area (Å²) in [5.41, 5.74) is 0.181. The SMILES string of the molecule is CCC1CCC(CBr)(OC2CCCC2)CC1. The van der Waals surface area contributed by atoms with E-state index < -0.39 is 0 Å². The highest BCUT2D eigenvalue weighted by atomic mass is 79.9. The average Bonchev–Trinajstić information content (AvgIpc) is 2.83. The molecule has 2 aliphatic rings. The van der Waals surface area contributed by atoms with Crippen LogP contribution in [0.15, 0.2) is 0 Å². The van der Waals surface area contributed by atoms with E-state index in [1.54, 1.807) is 0 Å². The summed E-state index contributed by atoms with van der Waals surface area (Å²) in [6.45, 7) is 2.32. The van der Waals surface area contributed by atoms with Crippen molar-refractivity contribution in [2.45, 2.75) is 76.4 Å². The maximum Gasteiger partial charge on any atom is 0.0782 e. The monoisotopic (exact) mass is 288 g/mol. The fourth-order valence-corrected chi connectivity index (χ4v) is 3.95. The second-order valence-electron chi connectivity index (χ2n) is 5.69. The number of alkyl halides is 1. The van der Waals surface area contributed by atoms with Crippen LogP contribution >= 0.6 is 15.9 Å². The van der Waals surface area contributed by atoms with E-state index in [9.17, 15) is 0 Å². The Labute approximate surface area is 108 Å². The lowest BCUT2D eigenvalue weighted by Crippen LogP contribution is -2.41. The Morgan fingerprint density at radius 2 is 1.75 bits per heavy atom. The van der Waals surface area contributed by atoms with Gasteiger partial charge in [0, 0.05) is 5.33 Å². The molecular weight excluding hydrogens is 264 g/mol. The van der Waals surface area contributed by atoms with Gasteiger partial charge >= 0.3 is 0 Å². The summed E-state index contributed by atoms with van der Waals surface area (Å²) in [5, 5.41) is 1.03. The number of halogens is 1. The molecule has 2 heteroatoms. The van der Waals surface area contributed by atoms with Crippen molar-refractivity contribution in [3.8, 4) is 0 Å². The zero-order valence-electron chi connectivity index (χ0n) is 10.5. The lowest BCUT2D eigenvalue weighted by molar-refractivity contribution is -0.101. The molecular formula is C14H25BrO. The fraction of sp³-hybridized carbons (Fsp3) is 1.00. The van der Waals surface area contributed by atoms with Crippen LogP contribution in [0, 0.1) is 5.92 Å². The van der Waals surface area contributed by atoms with Crippen LogP contribution in [0.5, 0.6) is 0 Å². The summed E-state index contributed by atoms with van der Waals surface area (Å²) >= 11 is 3.69. The van der Waals surface area contributed by atoms with E-state index in [2.05, 4.69) is 22.9 Å². The first-order valence-electron chi connectivity index (χ1n) is 7.02. The lowest BCUT2D eigenvalue weighted by atomic mass is 9.78. The van der Waals surface area contributed by atoms with E-state index in [4.69, 9.17) is 4.74 Å². The average molecular weight is 289 g/mol. The van der Waals surface area contributed by atoms with Crippen molar-refractivity contribution in [3.63, 3.8) is 0 Å². The van der Waals surface area contributed by atoms with Crippen LogP contribution in [-0.4, -0.2) is 17.0 Å². The van der Waals surface area contributed by atoms with Gasteiger partial charge in [-0.25, -0.2) is 0 Å². The maximum atomic E-state index is 6.43. The van der Waals surface area contributed by atoms with Crippen LogP contribution in [0.3, 0.4) is 0 Å². The summed E-state index contributed by atoms with van der Waals surface area (Å²) < 4.78 is 6.43. The predicted octanol–water partition coefficient (Wildman–Crippen LogP) is 4.68. The molecule has 2 saturated carbocycles. The Balaban J connectivity index is 1.87. The molecule has 2 rings (SSSR count). The first-order chi connectivity index (χ1) is 7.78. The van der Waals surface area contributed by atoms with Gasteiger partial charge in [-0.05, 0) is 44.4 Å². The predicted molar refractivity (Wildman–Crippen MR) is 72.1 cm³/mol. The summed E-state index contributed by atoms with van der Waals surface area (Å²) in [7, 11) is 0. The van der Waals surface area contributed by atoms with Gasteiger partial charge in [-0.15, -0.1) is 0 Å². The molecule has 0 atom stereocenters. The zero-order chi connectivity index (χ0) is 11.4. The zero-order valence-corrected chi connectivity index (χ0v) is 12.1. The minimum Gasteiger partial charge on any atom is -0.371 e. The van der Waals surface area contributed by atoms with E-state index in [-0.39, 0.29) is 5.60 Å². The highest BCUT2D eigenvalue weighted by Gasteiger charge is 2.37. The highest BCUT2D eigenvalue weighted by molar-refractivity contribution is 9.09. The van der Waals surface area contributed by atoms with Crippen LogP contribution in [0.25, 0.3) is 0 Å². The van der Waals surface area contributed by atoms with Gasteiger partial charge in [0.1, 0.15) is 0 Å². The maximum absolute atomic E-state index is 6.43. The van der Waals surface area contributed by atoms with Crippen LogP contribution in [0.2, 0.25) is 0 Å². The molecule has 0 aliphatic heterocycles. The van der Waals surface area contributed by atoms with E-state index in [0.717, 1.165) is 11.2 Å². The fourth-order valence-electron chi connectivity index (χ4n) is 3.25. The van der Waals surface area contributed by atoms with Crippen molar-refractivity contribution >= 4 is 15.9 Å². The second-order valence-corrected chi connectivity index (χ2v) is 6.25. The van der Waals surface area contributed by atoms with Crippen LogP contribution in [0.4, 0.5) is 0 Å². The van der Waals surface area contributed by atoms with E-state index in [1.165, 1.54) is 57.8 Å². The Kier molecular flexibility index (Phi) is 4.72. The van der Waals surface area contributed by atoms with Crippen LogP contribution in [-0.2, 0) is 4.74 Å². The molecule has 0 radical (unpaired) electrons. The van der Waals surface area contributed by atoms with Gasteiger partial charge in [-0.1, -0.05) is 42.1 Å². The number of hydrogen-bond acceptors (Lipinski definition) is 1. The minimum atomic E-state index is 0.181. The molecule has 0 unspecified atom stereocenters. The first kappa shape index (κ1) is 12.9. The number of ether oxygens (including phenoxy) is 1. The molecule has 0 saturated heterocycles. The number of hydrogen-bond donors (Lipinski definition) is 0. The largest absolute Gasteiger partial charge is 0.371 e. The summed E-state index contributed by atoms with van der Waals surface area (Å²) in [4.78, 5) is 0. The summed E-state index contributed by atoms with van der Waals surface area (Å²) in [6, 6.07) is 0. The number of rotatable bonds is 4. The molecule has 0 bridgehead atoms. The van der Waals surface area contributed by atoms with Gasteiger partial charge in [0.15, 0.2) is 0 Å².